The van der Waals surface area contributed by atoms with Gasteiger partial charge in [0.2, 0.25) is 11.8 Å². The Labute approximate surface area is 150 Å². The van der Waals surface area contributed by atoms with Crippen LogP contribution in [0.3, 0.4) is 0 Å². The Bertz CT molecular complexity index is 828. The Morgan fingerprint density at radius 3 is 2.44 bits per heavy atom. The quantitative estimate of drug-likeness (QED) is 0.890. The highest BCUT2D eigenvalue weighted by Crippen LogP contribution is 2.27. The van der Waals surface area contributed by atoms with Gasteiger partial charge in [-0.05, 0) is 42.5 Å². The van der Waals surface area contributed by atoms with Gasteiger partial charge in [-0.15, -0.1) is 0 Å². The Morgan fingerprint density at radius 2 is 1.92 bits per heavy atom. The standard InChI is InChI=1S/C18H16ClN3O3/c1-12(23)22(15-6-3-13(10-20)4-7-15)11-18(24)21-14-5-8-17(25-2)16(19)9-14/h3-9H,11H2,1-2H3,(H,21,24). The van der Waals surface area contributed by atoms with E-state index in [1.54, 1.807) is 42.5 Å². The van der Waals surface area contributed by atoms with Crippen molar-refractivity contribution < 1.29 is 14.3 Å². The molecule has 0 aliphatic rings. The summed E-state index contributed by atoms with van der Waals surface area (Å²) in [5.41, 5.74) is 1.51. The summed E-state index contributed by atoms with van der Waals surface area (Å²) >= 11 is 6.03. The summed E-state index contributed by atoms with van der Waals surface area (Å²) in [6, 6.07) is 13.3. The molecule has 0 saturated heterocycles. The molecule has 2 rings (SSSR count). The second-order valence-electron chi connectivity index (χ2n) is 5.16. The highest BCUT2D eigenvalue weighted by Gasteiger charge is 2.16. The first-order valence-electron chi connectivity index (χ1n) is 7.36. The maximum atomic E-state index is 12.3. The lowest BCUT2D eigenvalue weighted by Crippen LogP contribution is -2.36. The van der Waals surface area contributed by atoms with Gasteiger partial charge in [0.15, 0.2) is 0 Å². The van der Waals surface area contributed by atoms with Crippen molar-refractivity contribution in [3.63, 3.8) is 0 Å². The molecule has 0 radical (unpaired) electrons. The molecule has 0 heterocycles. The lowest BCUT2D eigenvalue weighted by molar-refractivity contribution is -0.120. The van der Waals surface area contributed by atoms with Crippen LogP contribution in [0.1, 0.15) is 12.5 Å². The van der Waals surface area contributed by atoms with E-state index in [1.165, 1.54) is 18.9 Å². The number of benzene rings is 2. The van der Waals surface area contributed by atoms with Gasteiger partial charge in [0.25, 0.3) is 0 Å². The smallest absolute Gasteiger partial charge is 0.244 e. The number of nitrogens with one attached hydrogen (secondary N) is 1. The van der Waals surface area contributed by atoms with Gasteiger partial charge in [0, 0.05) is 18.3 Å². The first-order chi connectivity index (χ1) is 11.9. The highest BCUT2D eigenvalue weighted by molar-refractivity contribution is 6.32. The first-order valence-corrected chi connectivity index (χ1v) is 7.74. The fourth-order valence-electron chi connectivity index (χ4n) is 2.19. The predicted molar refractivity (Wildman–Crippen MR) is 95.8 cm³/mol. The van der Waals surface area contributed by atoms with Crippen molar-refractivity contribution in [2.45, 2.75) is 6.92 Å². The lowest BCUT2D eigenvalue weighted by atomic mass is 10.2. The molecule has 0 spiro atoms. The summed E-state index contributed by atoms with van der Waals surface area (Å²) in [7, 11) is 1.50. The summed E-state index contributed by atoms with van der Waals surface area (Å²) < 4.78 is 5.06. The minimum atomic E-state index is -0.374. The normalized spacial score (nSPS) is 9.84. The Kier molecular flexibility index (Phi) is 5.98. The number of nitrogens with zero attached hydrogens (tertiary/aromatic N) is 2. The molecule has 0 atom stereocenters. The molecule has 2 aromatic carbocycles. The second-order valence-corrected chi connectivity index (χ2v) is 5.57. The van der Waals surface area contributed by atoms with Crippen LogP contribution in [0, 0.1) is 11.3 Å². The zero-order valence-corrected chi connectivity index (χ0v) is 14.5. The van der Waals surface area contributed by atoms with Crippen molar-refractivity contribution in [3.8, 4) is 11.8 Å². The molecular weight excluding hydrogens is 342 g/mol. The van der Waals surface area contributed by atoms with Crippen LogP contribution in [0.25, 0.3) is 0 Å². The molecule has 6 nitrogen and oxygen atoms in total. The maximum Gasteiger partial charge on any atom is 0.244 e. The number of halogens is 1. The molecule has 0 unspecified atom stereocenters. The van der Waals surface area contributed by atoms with E-state index in [-0.39, 0.29) is 18.4 Å². The topological polar surface area (TPSA) is 82.4 Å². The fraction of sp³-hybridized carbons (Fsp3) is 0.167. The molecule has 0 aliphatic heterocycles. The predicted octanol–water partition coefficient (Wildman–Crippen LogP) is 3.21. The van der Waals surface area contributed by atoms with Crippen LogP contribution in [0.4, 0.5) is 11.4 Å². The number of methoxy groups -OCH3 is 1. The molecule has 0 aliphatic carbocycles. The Hall–Kier alpha value is -3.04. The highest BCUT2D eigenvalue weighted by atomic mass is 35.5. The van der Waals surface area contributed by atoms with Gasteiger partial charge in [-0.2, -0.15) is 5.26 Å². The molecule has 0 fully saturated rings. The van der Waals surface area contributed by atoms with Crippen LogP contribution >= 0.6 is 11.6 Å². The monoisotopic (exact) mass is 357 g/mol. The largest absolute Gasteiger partial charge is 0.495 e. The number of amides is 2. The molecule has 0 aromatic heterocycles. The van der Waals surface area contributed by atoms with E-state index in [0.29, 0.717) is 27.7 Å². The molecule has 7 heteroatoms. The third-order valence-electron chi connectivity index (χ3n) is 3.43. The van der Waals surface area contributed by atoms with E-state index in [1.807, 2.05) is 6.07 Å². The zero-order valence-electron chi connectivity index (χ0n) is 13.7. The summed E-state index contributed by atoms with van der Waals surface area (Å²) in [6.07, 6.45) is 0. The van der Waals surface area contributed by atoms with Gasteiger partial charge in [-0.1, -0.05) is 11.6 Å². The van der Waals surface area contributed by atoms with Gasteiger partial charge < -0.3 is 15.0 Å². The van der Waals surface area contributed by atoms with E-state index in [9.17, 15) is 9.59 Å². The van der Waals surface area contributed by atoms with Crippen LogP contribution in [0.15, 0.2) is 42.5 Å². The van der Waals surface area contributed by atoms with Crippen molar-refractivity contribution in [2.24, 2.45) is 0 Å². The molecule has 128 valence electrons. The van der Waals surface area contributed by atoms with Crippen LogP contribution in [-0.2, 0) is 9.59 Å². The lowest BCUT2D eigenvalue weighted by Gasteiger charge is -2.20. The number of anilines is 2. The van der Waals surface area contributed by atoms with E-state index < -0.39 is 0 Å². The minimum Gasteiger partial charge on any atom is -0.495 e. The molecule has 0 bridgehead atoms. The number of hydrogen-bond donors (Lipinski definition) is 1. The van der Waals surface area contributed by atoms with Gasteiger partial charge in [-0.3, -0.25) is 9.59 Å². The molecule has 25 heavy (non-hydrogen) atoms. The maximum absolute atomic E-state index is 12.3. The third kappa shape index (κ3) is 4.72. The van der Waals surface area contributed by atoms with Crippen molar-refractivity contribution >= 4 is 34.8 Å². The SMILES string of the molecule is COc1ccc(NC(=O)CN(C(C)=O)c2ccc(C#N)cc2)cc1Cl. The molecular formula is C18H16ClN3O3. The van der Waals surface area contributed by atoms with Gasteiger partial charge in [0.1, 0.15) is 12.3 Å². The Morgan fingerprint density at radius 1 is 1.24 bits per heavy atom. The number of carbonyl (C=O) groups excluding carboxylic acids is 2. The van der Waals surface area contributed by atoms with Crippen LogP contribution in [-0.4, -0.2) is 25.5 Å². The number of carbonyl (C=O) groups is 2. The average molecular weight is 358 g/mol. The van der Waals surface area contributed by atoms with E-state index in [4.69, 9.17) is 21.6 Å². The van der Waals surface area contributed by atoms with E-state index >= 15 is 0 Å². The van der Waals surface area contributed by atoms with Gasteiger partial charge in [0.05, 0.1) is 23.8 Å². The number of nitriles is 1. The first kappa shape index (κ1) is 18.3. The molecule has 0 saturated carbocycles. The van der Waals surface area contributed by atoms with Gasteiger partial charge >= 0.3 is 0 Å². The minimum absolute atomic E-state index is 0.162. The second kappa shape index (κ2) is 8.18. The summed E-state index contributed by atoms with van der Waals surface area (Å²) in [5.74, 6) is -0.156. The molecule has 2 aromatic rings. The Balaban J connectivity index is 2.11. The molecule has 1 N–H and O–H groups in total. The number of hydrogen-bond acceptors (Lipinski definition) is 4. The van der Waals surface area contributed by atoms with Crippen LogP contribution in [0.5, 0.6) is 5.75 Å². The van der Waals surface area contributed by atoms with Crippen molar-refractivity contribution in [2.75, 3.05) is 23.9 Å². The summed E-state index contributed by atoms with van der Waals surface area (Å²) in [6.45, 7) is 1.21. The van der Waals surface area contributed by atoms with Crippen molar-refractivity contribution in [1.29, 1.82) is 5.26 Å². The average Bonchev–Trinajstić information content (AvgIpc) is 2.60. The van der Waals surface area contributed by atoms with Crippen molar-refractivity contribution in [1.82, 2.24) is 0 Å². The number of ether oxygens (including phenoxy) is 1. The van der Waals surface area contributed by atoms with E-state index in [2.05, 4.69) is 5.32 Å². The molecule has 2 amide bonds. The summed E-state index contributed by atoms with van der Waals surface area (Å²) in [4.78, 5) is 25.4. The van der Waals surface area contributed by atoms with Crippen LogP contribution in [0.2, 0.25) is 5.02 Å². The zero-order chi connectivity index (χ0) is 18.4. The summed E-state index contributed by atoms with van der Waals surface area (Å²) in [5, 5.41) is 11.9. The van der Waals surface area contributed by atoms with Crippen molar-refractivity contribution in [3.05, 3.63) is 53.1 Å². The third-order valence-corrected chi connectivity index (χ3v) is 3.72. The van der Waals surface area contributed by atoms with E-state index in [0.717, 1.165) is 0 Å². The van der Waals surface area contributed by atoms with Crippen LogP contribution < -0.4 is 15.0 Å². The van der Waals surface area contributed by atoms with Gasteiger partial charge in [-0.25, -0.2) is 0 Å². The fourth-order valence-corrected chi connectivity index (χ4v) is 2.45. The number of rotatable bonds is 5.